The number of benzene rings is 3. The van der Waals surface area contributed by atoms with Crippen LogP contribution in [0.25, 0.3) is 39.2 Å². The van der Waals surface area contributed by atoms with Crippen molar-refractivity contribution in [3.8, 4) is 28.2 Å². The second kappa shape index (κ2) is 9.14. The zero-order chi connectivity index (χ0) is 24.7. The molecule has 0 unspecified atom stereocenters. The molecule has 3 aromatic carbocycles. The molecule has 5 rings (SSSR count). The van der Waals surface area contributed by atoms with Crippen molar-refractivity contribution in [2.24, 2.45) is 7.05 Å². The van der Waals surface area contributed by atoms with Crippen molar-refractivity contribution >= 4 is 11.0 Å². The van der Waals surface area contributed by atoms with Gasteiger partial charge in [-0.25, -0.2) is 4.57 Å². The standard InChI is InChI=1S/C32H34N3/c1-21(2)26-18-25(24-12-8-7-9-13-24)19-27(22(3)4)31(26)35-30-15-11-10-14-29(30)34(6)32(35)28-20-33-17-16-23(28)5/h7-22H,1-6H3/q+1. The first-order valence-corrected chi connectivity index (χ1v) is 12.5. The zero-order valence-corrected chi connectivity index (χ0v) is 21.6. The Kier molecular flexibility index (Phi) is 6.02. The molecule has 3 heteroatoms. The lowest BCUT2D eigenvalue weighted by Crippen LogP contribution is -2.30. The fraction of sp³-hybridized carbons (Fsp3) is 0.250. The third-order valence-corrected chi connectivity index (χ3v) is 7.04. The molecule has 0 atom stereocenters. The molecule has 0 N–H and O–H groups in total. The highest BCUT2D eigenvalue weighted by Crippen LogP contribution is 2.39. The van der Waals surface area contributed by atoms with Gasteiger partial charge in [0.25, 0.3) is 5.82 Å². The lowest BCUT2D eigenvalue weighted by molar-refractivity contribution is -0.633. The summed E-state index contributed by atoms with van der Waals surface area (Å²) < 4.78 is 4.80. The van der Waals surface area contributed by atoms with Crippen molar-refractivity contribution in [1.29, 1.82) is 0 Å². The van der Waals surface area contributed by atoms with Crippen LogP contribution in [-0.2, 0) is 7.05 Å². The van der Waals surface area contributed by atoms with Crippen LogP contribution in [-0.4, -0.2) is 9.55 Å². The van der Waals surface area contributed by atoms with Gasteiger partial charge in [0.15, 0.2) is 11.0 Å². The minimum Gasteiger partial charge on any atom is -0.264 e. The Morgan fingerprint density at radius 1 is 0.771 bits per heavy atom. The van der Waals surface area contributed by atoms with Crippen LogP contribution in [0.3, 0.4) is 0 Å². The Labute approximate surface area is 208 Å². The molecule has 176 valence electrons. The van der Waals surface area contributed by atoms with Crippen LogP contribution in [0.5, 0.6) is 0 Å². The summed E-state index contributed by atoms with van der Waals surface area (Å²) in [6.07, 6.45) is 3.88. The first-order valence-electron chi connectivity index (χ1n) is 12.5. The highest BCUT2D eigenvalue weighted by Gasteiger charge is 2.31. The molecule has 0 fully saturated rings. The molecule has 0 amide bonds. The summed E-state index contributed by atoms with van der Waals surface area (Å²) in [4.78, 5) is 4.51. The summed E-state index contributed by atoms with van der Waals surface area (Å²) in [6.45, 7) is 11.4. The van der Waals surface area contributed by atoms with E-state index in [0.717, 1.165) is 11.4 Å². The summed E-state index contributed by atoms with van der Waals surface area (Å²) in [5.41, 5.74) is 11.4. The van der Waals surface area contributed by atoms with Crippen molar-refractivity contribution in [3.63, 3.8) is 0 Å². The van der Waals surface area contributed by atoms with Gasteiger partial charge in [-0.05, 0) is 65.8 Å². The van der Waals surface area contributed by atoms with Crippen LogP contribution in [0, 0.1) is 6.92 Å². The number of fused-ring (bicyclic) bond motifs is 1. The summed E-state index contributed by atoms with van der Waals surface area (Å²) in [5.74, 6) is 1.88. The highest BCUT2D eigenvalue weighted by atomic mass is 15.2. The molecule has 0 saturated carbocycles. The SMILES string of the molecule is Cc1ccncc1-c1n(-c2c(C(C)C)cc(-c3ccccc3)cc2C(C)C)c2ccccc2[n+]1C. The summed E-state index contributed by atoms with van der Waals surface area (Å²) in [5, 5.41) is 0. The fourth-order valence-corrected chi connectivity index (χ4v) is 5.16. The maximum atomic E-state index is 4.51. The number of imidazole rings is 1. The Balaban J connectivity index is 1.94. The lowest BCUT2D eigenvalue weighted by atomic mass is 9.88. The first-order chi connectivity index (χ1) is 16.9. The van der Waals surface area contributed by atoms with Gasteiger partial charge in [0, 0.05) is 23.5 Å². The van der Waals surface area contributed by atoms with Crippen LogP contribution < -0.4 is 4.57 Å². The van der Waals surface area contributed by atoms with Gasteiger partial charge in [0.1, 0.15) is 5.69 Å². The predicted octanol–water partition coefficient (Wildman–Crippen LogP) is 7.74. The number of hydrogen-bond donors (Lipinski definition) is 0. The maximum absolute atomic E-state index is 4.51. The van der Waals surface area contributed by atoms with E-state index < -0.39 is 0 Å². The first kappa shape index (κ1) is 23.0. The Morgan fingerprint density at radius 2 is 1.40 bits per heavy atom. The van der Waals surface area contributed by atoms with Gasteiger partial charge in [-0.15, -0.1) is 0 Å². The zero-order valence-electron chi connectivity index (χ0n) is 21.6. The molecule has 0 saturated heterocycles. The van der Waals surface area contributed by atoms with Crippen LogP contribution in [0.15, 0.2) is 85.2 Å². The van der Waals surface area contributed by atoms with Crippen LogP contribution >= 0.6 is 0 Å². The minimum atomic E-state index is 0.362. The van der Waals surface area contributed by atoms with Gasteiger partial charge in [0.05, 0.1) is 12.6 Å². The maximum Gasteiger partial charge on any atom is 0.296 e. The number of pyridine rings is 1. The summed E-state index contributed by atoms with van der Waals surface area (Å²) in [7, 11) is 2.17. The third kappa shape index (κ3) is 3.95. The number of hydrogen-bond acceptors (Lipinski definition) is 1. The van der Waals surface area contributed by atoms with Gasteiger partial charge in [-0.2, -0.15) is 4.57 Å². The van der Waals surface area contributed by atoms with E-state index >= 15 is 0 Å². The second-order valence-corrected chi connectivity index (χ2v) is 10.1. The van der Waals surface area contributed by atoms with Crippen molar-refractivity contribution in [2.75, 3.05) is 0 Å². The molecule has 0 aliphatic heterocycles. The molecule has 3 nitrogen and oxygen atoms in total. The van der Waals surface area contributed by atoms with E-state index in [1.807, 2.05) is 12.4 Å². The van der Waals surface area contributed by atoms with Gasteiger partial charge < -0.3 is 0 Å². The molecule has 0 aliphatic carbocycles. The van der Waals surface area contributed by atoms with Gasteiger partial charge >= 0.3 is 0 Å². The van der Waals surface area contributed by atoms with E-state index in [-0.39, 0.29) is 0 Å². The summed E-state index contributed by atoms with van der Waals surface area (Å²) >= 11 is 0. The predicted molar refractivity (Wildman–Crippen MR) is 146 cm³/mol. The molecule has 2 heterocycles. The van der Waals surface area contributed by atoms with E-state index in [9.17, 15) is 0 Å². The molecule has 0 radical (unpaired) electrons. The highest BCUT2D eigenvalue weighted by molar-refractivity contribution is 5.82. The smallest absolute Gasteiger partial charge is 0.264 e. The molecule has 0 spiro atoms. The molecule has 2 aromatic heterocycles. The van der Waals surface area contributed by atoms with Gasteiger partial charge in [0.2, 0.25) is 0 Å². The van der Waals surface area contributed by atoms with E-state index in [1.54, 1.807) is 0 Å². The molecule has 0 aliphatic rings. The quantitative estimate of drug-likeness (QED) is 0.246. The van der Waals surface area contributed by atoms with E-state index in [0.29, 0.717) is 11.8 Å². The van der Waals surface area contributed by atoms with Crippen LogP contribution in [0.2, 0.25) is 0 Å². The summed E-state index contributed by atoms with van der Waals surface area (Å²) in [6, 6.07) is 26.4. The van der Waals surface area contributed by atoms with E-state index in [2.05, 4.69) is 129 Å². The van der Waals surface area contributed by atoms with Crippen molar-refractivity contribution < 1.29 is 4.57 Å². The van der Waals surface area contributed by atoms with E-state index in [4.69, 9.17) is 0 Å². The minimum absolute atomic E-state index is 0.362. The van der Waals surface area contributed by atoms with Gasteiger partial charge in [-0.1, -0.05) is 70.2 Å². The number of aromatic nitrogens is 3. The molecular formula is C32H34N3+. The molecule has 0 bridgehead atoms. The number of aryl methyl sites for hydroxylation is 2. The second-order valence-electron chi connectivity index (χ2n) is 10.1. The number of rotatable bonds is 5. The number of para-hydroxylation sites is 2. The third-order valence-electron chi connectivity index (χ3n) is 7.04. The van der Waals surface area contributed by atoms with Crippen molar-refractivity contribution in [2.45, 2.75) is 46.5 Å². The molecule has 5 aromatic rings. The van der Waals surface area contributed by atoms with Crippen LogP contribution in [0.4, 0.5) is 0 Å². The van der Waals surface area contributed by atoms with Crippen LogP contribution in [0.1, 0.15) is 56.2 Å². The van der Waals surface area contributed by atoms with E-state index in [1.165, 1.54) is 44.5 Å². The van der Waals surface area contributed by atoms with Gasteiger partial charge in [-0.3, -0.25) is 4.98 Å². The van der Waals surface area contributed by atoms with Crippen molar-refractivity contribution in [3.05, 3.63) is 102 Å². The Hall–Kier alpha value is -3.72. The largest absolute Gasteiger partial charge is 0.296 e. The monoisotopic (exact) mass is 460 g/mol. The Morgan fingerprint density at radius 3 is 2.03 bits per heavy atom. The lowest BCUT2D eigenvalue weighted by Gasteiger charge is -2.21. The molecule has 35 heavy (non-hydrogen) atoms. The average Bonchev–Trinajstić information content (AvgIpc) is 3.16. The molecular weight excluding hydrogens is 426 g/mol. The topological polar surface area (TPSA) is 21.7 Å². The normalized spacial score (nSPS) is 11.7. The number of nitrogens with zero attached hydrogens (tertiary/aromatic N) is 3. The van der Waals surface area contributed by atoms with Crippen molar-refractivity contribution in [1.82, 2.24) is 9.55 Å². The average molecular weight is 461 g/mol. The Bertz CT molecular complexity index is 1480. The fourth-order valence-electron chi connectivity index (χ4n) is 5.16.